The summed E-state index contributed by atoms with van der Waals surface area (Å²) in [5, 5.41) is 5.40. The lowest BCUT2D eigenvalue weighted by atomic mass is 9.69. The van der Waals surface area contributed by atoms with Gasteiger partial charge in [0.1, 0.15) is 0 Å². The van der Waals surface area contributed by atoms with Gasteiger partial charge in [-0.1, -0.05) is 31.1 Å². The van der Waals surface area contributed by atoms with E-state index >= 15 is 0 Å². The van der Waals surface area contributed by atoms with Crippen LogP contribution in [0.25, 0.3) is 0 Å². The van der Waals surface area contributed by atoms with Crippen LogP contribution in [0.1, 0.15) is 20.3 Å². The molecule has 0 aliphatic heterocycles. The van der Waals surface area contributed by atoms with Crippen LogP contribution in [0.2, 0.25) is 6.32 Å². The molecule has 0 aromatic heterocycles. The molecule has 21 heavy (non-hydrogen) atoms. The van der Waals surface area contributed by atoms with Crippen molar-refractivity contribution in [1.29, 1.82) is 0 Å². The van der Waals surface area contributed by atoms with Crippen LogP contribution in [-0.2, 0) is 14.4 Å². The highest BCUT2D eigenvalue weighted by Gasteiger charge is 2.05. The zero-order valence-corrected chi connectivity index (χ0v) is 12.8. The third kappa shape index (κ3) is 10.4. The smallest absolute Gasteiger partial charge is 0.251 e. The van der Waals surface area contributed by atoms with Crippen LogP contribution in [0.15, 0.2) is 36.5 Å². The van der Waals surface area contributed by atoms with Gasteiger partial charge in [0, 0.05) is 25.1 Å². The molecule has 0 spiro atoms. The molecule has 114 valence electrons. The first kappa shape index (κ1) is 18.9. The molecule has 5 nitrogen and oxygen atoms in total. The Morgan fingerprint density at radius 2 is 1.86 bits per heavy atom. The van der Waals surface area contributed by atoms with Crippen LogP contribution in [0, 0.1) is 0 Å². The highest BCUT2D eigenvalue weighted by atomic mass is 16.2. The molecule has 0 aliphatic carbocycles. The molecule has 0 saturated carbocycles. The van der Waals surface area contributed by atoms with Gasteiger partial charge in [0.05, 0.1) is 5.68 Å². The van der Waals surface area contributed by atoms with E-state index < -0.39 is 0 Å². The summed E-state index contributed by atoms with van der Waals surface area (Å²) >= 11 is 0. The first-order chi connectivity index (χ1) is 10.0. The molecule has 0 bridgehead atoms. The molecule has 0 saturated heterocycles. The minimum Gasteiger partial charge on any atom is -0.354 e. The second-order valence-electron chi connectivity index (χ2n) is 4.50. The Labute approximate surface area is 126 Å². The standard InChI is InChI=1S/C15H23BN2O3/c1-4-6-7-13(5-2)15(21)18-11-10-17-14(20)8-9-16-12(3)19/h4-7,16H,1,8-11H2,2-3H3,(H,17,20)(H,18,21)/b7-6-,13-5+. The van der Waals surface area contributed by atoms with E-state index in [1.54, 1.807) is 31.2 Å². The molecule has 2 amide bonds. The summed E-state index contributed by atoms with van der Waals surface area (Å²) in [6.07, 6.45) is 7.54. The lowest BCUT2D eigenvalue weighted by Gasteiger charge is -2.07. The first-order valence-corrected chi connectivity index (χ1v) is 7.01. The summed E-state index contributed by atoms with van der Waals surface area (Å²) in [6, 6.07) is 0. The summed E-state index contributed by atoms with van der Waals surface area (Å²) in [7, 11) is 0.421. The Hall–Kier alpha value is -2.11. The molecule has 0 unspecified atom stereocenters. The molecule has 0 fully saturated rings. The number of carbonyl (C=O) groups is 3. The van der Waals surface area contributed by atoms with Crippen molar-refractivity contribution in [3.63, 3.8) is 0 Å². The van der Waals surface area contributed by atoms with Crippen molar-refractivity contribution < 1.29 is 14.4 Å². The average molecular weight is 290 g/mol. The van der Waals surface area contributed by atoms with Gasteiger partial charge in [-0.25, -0.2) is 0 Å². The van der Waals surface area contributed by atoms with Crippen LogP contribution in [0.3, 0.4) is 0 Å². The molecule has 0 aromatic carbocycles. The van der Waals surface area contributed by atoms with Crippen molar-refractivity contribution in [3.05, 3.63) is 36.5 Å². The molecule has 2 N–H and O–H groups in total. The highest BCUT2D eigenvalue weighted by molar-refractivity contribution is 6.73. The van der Waals surface area contributed by atoms with Crippen LogP contribution in [0.5, 0.6) is 0 Å². The number of allylic oxidation sites excluding steroid dienone is 3. The number of hydrogen-bond acceptors (Lipinski definition) is 3. The van der Waals surface area contributed by atoms with E-state index in [1.165, 1.54) is 6.92 Å². The van der Waals surface area contributed by atoms with Gasteiger partial charge in [0.2, 0.25) is 13.2 Å². The fraction of sp³-hybridized carbons (Fsp3) is 0.400. The molecule has 0 radical (unpaired) electrons. The number of hydrogen-bond donors (Lipinski definition) is 2. The quantitative estimate of drug-likeness (QED) is 0.269. The Morgan fingerprint density at radius 1 is 1.19 bits per heavy atom. The molecular weight excluding hydrogens is 267 g/mol. The Balaban J connectivity index is 3.86. The predicted octanol–water partition coefficient (Wildman–Crippen LogP) is 0.699. The maximum absolute atomic E-state index is 11.8. The topological polar surface area (TPSA) is 75.3 Å². The van der Waals surface area contributed by atoms with Gasteiger partial charge in [0.25, 0.3) is 5.91 Å². The molecule has 0 aliphatic rings. The van der Waals surface area contributed by atoms with Gasteiger partial charge in [0.15, 0.2) is 0 Å². The Bertz CT molecular complexity index is 442. The van der Waals surface area contributed by atoms with Crippen LogP contribution >= 0.6 is 0 Å². The summed E-state index contributed by atoms with van der Waals surface area (Å²) in [6.45, 7) is 7.55. The number of amides is 2. The predicted molar refractivity (Wildman–Crippen MR) is 86.4 cm³/mol. The molecule has 0 aromatic rings. The molecule has 0 atom stereocenters. The number of carbonyl (C=O) groups excluding carboxylic acids is 3. The zero-order chi connectivity index (χ0) is 16.1. The summed E-state index contributed by atoms with van der Waals surface area (Å²) in [5.41, 5.74) is 0.629. The summed E-state index contributed by atoms with van der Waals surface area (Å²) in [5.74, 6) is -0.301. The van der Waals surface area contributed by atoms with E-state index in [4.69, 9.17) is 0 Å². The minimum atomic E-state index is -0.193. The van der Waals surface area contributed by atoms with Crippen molar-refractivity contribution in [1.82, 2.24) is 10.6 Å². The van der Waals surface area contributed by atoms with E-state index in [0.29, 0.717) is 38.7 Å². The normalized spacial score (nSPS) is 11.0. The van der Waals surface area contributed by atoms with Gasteiger partial charge in [-0.3, -0.25) is 9.59 Å². The van der Waals surface area contributed by atoms with Gasteiger partial charge < -0.3 is 15.4 Å². The van der Waals surface area contributed by atoms with Gasteiger partial charge in [-0.05, 0) is 19.9 Å². The SMILES string of the molecule is C=C/C=C\C(=C/C)C(=O)NCCNC(=O)CCBC(C)=O. The van der Waals surface area contributed by atoms with Crippen molar-refractivity contribution in [2.45, 2.75) is 26.6 Å². The molecule has 0 heterocycles. The summed E-state index contributed by atoms with van der Waals surface area (Å²) in [4.78, 5) is 33.9. The molecule has 6 heteroatoms. The van der Waals surface area contributed by atoms with E-state index in [0.717, 1.165) is 0 Å². The van der Waals surface area contributed by atoms with E-state index in [-0.39, 0.29) is 17.5 Å². The zero-order valence-electron chi connectivity index (χ0n) is 12.8. The van der Waals surface area contributed by atoms with Crippen molar-refractivity contribution >= 4 is 24.8 Å². The van der Waals surface area contributed by atoms with Crippen LogP contribution in [0.4, 0.5) is 0 Å². The fourth-order valence-electron chi connectivity index (χ4n) is 1.54. The maximum Gasteiger partial charge on any atom is 0.251 e. The van der Waals surface area contributed by atoms with Gasteiger partial charge in [-0.2, -0.15) is 0 Å². The van der Waals surface area contributed by atoms with E-state index in [2.05, 4.69) is 17.2 Å². The van der Waals surface area contributed by atoms with E-state index in [1.807, 2.05) is 0 Å². The third-order valence-corrected chi connectivity index (χ3v) is 2.65. The fourth-order valence-corrected chi connectivity index (χ4v) is 1.54. The third-order valence-electron chi connectivity index (χ3n) is 2.65. The maximum atomic E-state index is 11.8. The van der Waals surface area contributed by atoms with Gasteiger partial charge >= 0.3 is 0 Å². The second kappa shape index (κ2) is 11.7. The van der Waals surface area contributed by atoms with Crippen LogP contribution < -0.4 is 10.6 Å². The average Bonchev–Trinajstić information content (AvgIpc) is 2.44. The van der Waals surface area contributed by atoms with Crippen molar-refractivity contribution in [3.8, 4) is 0 Å². The number of rotatable bonds is 10. The first-order valence-electron chi connectivity index (χ1n) is 7.01. The lowest BCUT2D eigenvalue weighted by molar-refractivity contribution is -0.121. The Kier molecular flexibility index (Phi) is 10.5. The highest BCUT2D eigenvalue weighted by Crippen LogP contribution is 1.96. The molecule has 0 rings (SSSR count). The van der Waals surface area contributed by atoms with Crippen molar-refractivity contribution in [2.75, 3.05) is 13.1 Å². The monoisotopic (exact) mass is 290 g/mol. The summed E-state index contributed by atoms with van der Waals surface area (Å²) < 4.78 is 0. The minimum absolute atomic E-state index is 0.0847. The lowest BCUT2D eigenvalue weighted by Crippen LogP contribution is -2.35. The largest absolute Gasteiger partial charge is 0.354 e. The van der Waals surface area contributed by atoms with Crippen molar-refractivity contribution in [2.24, 2.45) is 0 Å². The van der Waals surface area contributed by atoms with Crippen LogP contribution in [-0.4, -0.2) is 37.9 Å². The second-order valence-corrected chi connectivity index (χ2v) is 4.50. The Morgan fingerprint density at radius 3 is 2.43 bits per heavy atom. The van der Waals surface area contributed by atoms with Gasteiger partial charge in [-0.15, -0.1) is 0 Å². The van der Waals surface area contributed by atoms with E-state index in [9.17, 15) is 14.4 Å². The molecular formula is C15H23BN2O3. The number of nitrogens with one attached hydrogen (secondary N) is 2.